The number of rotatable bonds is 7. The maximum atomic E-state index is 6.12. The second kappa shape index (κ2) is 10.3. The fourth-order valence-electron chi connectivity index (χ4n) is 2.35. The molecular formula is C16H24Cl2NO2-. The van der Waals surface area contributed by atoms with Crippen LogP contribution < -0.4 is 17.1 Å². The summed E-state index contributed by atoms with van der Waals surface area (Å²) in [4.78, 5) is 2.38. The molecule has 0 atom stereocenters. The lowest BCUT2D eigenvalue weighted by molar-refractivity contribution is -0.00000641. The lowest BCUT2D eigenvalue weighted by Gasteiger charge is -2.27. The maximum Gasteiger partial charge on any atom is 0.123 e. The van der Waals surface area contributed by atoms with Crippen molar-refractivity contribution in [3.05, 3.63) is 28.8 Å². The maximum absolute atomic E-state index is 6.12. The molecule has 0 unspecified atom stereocenters. The predicted molar refractivity (Wildman–Crippen MR) is 82.6 cm³/mol. The van der Waals surface area contributed by atoms with Crippen LogP contribution in [0.5, 0.6) is 5.75 Å². The molecule has 0 spiro atoms. The molecule has 0 aromatic heterocycles. The van der Waals surface area contributed by atoms with Gasteiger partial charge in [0.1, 0.15) is 5.75 Å². The first-order valence-electron chi connectivity index (χ1n) is 7.51. The Morgan fingerprint density at radius 2 is 2.00 bits per heavy atom. The van der Waals surface area contributed by atoms with Crippen LogP contribution in [0.2, 0.25) is 5.02 Å². The first kappa shape index (κ1) is 18.6. The van der Waals surface area contributed by atoms with Crippen molar-refractivity contribution in [1.82, 2.24) is 4.90 Å². The highest BCUT2D eigenvalue weighted by atomic mass is 35.5. The van der Waals surface area contributed by atoms with Crippen LogP contribution in [0, 0.1) is 0 Å². The largest absolute Gasteiger partial charge is 1.00 e. The molecule has 120 valence electrons. The van der Waals surface area contributed by atoms with E-state index in [-0.39, 0.29) is 12.4 Å². The van der Waals surface area contributed by atoms with E-state index < -0.39 is 0 Å². The van der Waals surface area contributed by atoms with Crippen molar-refractivity contribution in [2.75, 3.05) is 32.9 Å². The number of unbranched alkanes of at least 4 members (excludes halogenated alkanes) is 2. The number of hydrogen-bond acceptors (Lipinski definition) is 3. The first-order chi connectivity index (χ1) is 9.79. The molecule has 1 aliphatic rings. The minimum absolute atomic E-state index is 0. The van der Waals surface area contributed by atoms with Crippen LogP contribution in [0.25, 0.3) is 0 Å². The van der Waals surface area contributed by atoms with Gasteiger partial charge >= 0.3 is 0 Å². The molecule has 1 aliphatic heterocycles. The van der Waals surface area contributed by atoms with Gasteiger partial charge in [-0.15, -0.1) is 0 Å². The van der Waals surface area contributed by atoms with E-state index in [2.05, 4.69) is 11.8 Å². The third-order valence-electron chi connectivity index (χ3n) is 3.53. The van der Waals surface area contributed by atoms with Gasteiger partial charge < -0.3 is 21.9 Å². The molecule has 1 heterocycles. The summed E-state index contributed by atoms with van der Waals surface area (Å²) in [5.41, 5.74) is 1.18. The summed E-state index contributed by atoms with van der Waals surface area (Å²) in [7, 11) is 0. The highest BCUT2D eigenvalue weighted by Crippen LogP contribution is 2.25. The third kappa shape index (κ3) is 6.43. The summed E-state index contributed by atoms with van der Waals surface area (Å²) in [6.07, 6.45) is 3.53. The standard InChI is InChI=1S/C16H24ClNO2.ClH/c1-2-3-4-9-20-16-6-5-15(17)12-14(16)13-18-7-10-19-11-8-18;/h5-6,12H,2-4,7-11,13H2,1H3;1H/p-1. The number of benzene rings is 1. The molecule has 3 nitrogen and oxygen atoms in total. The molecule has 1 aromatic rings. The molecule has 1 aromatic carbocycles. The highest BCUT2D eigenvalue weighted by molar-refractivity contribution is 6.30. The molecule has 2 rings (SSSR count). The Hall–Kier alpha value is -0.480. The fraction of sp³-hybridized carbons (Fsp3) is 0.625. The number of ether oxygens (including phenoxy) is 2. The average molecular weight is 333 g/mol. The molecule has 0 amide bonds. The van der Waals surface area contributed by atoms with E-state index in [1.807, 2.05) is 18.2 Å². The Morgan fingerprint density at radius 1 is 1.24 bits per heavy atom. The van der Waals surface area contributed by atoms with Crippen molar-refractivity contribution >= 4 is 11.6 Å². The molecule has 0 aliphatic carbocycles. The number of hydrogen-bond donors (Lipinski definition) is 0. The molecule has 1 saturated heterocycles. The van der Waals surface area contributed by atoms with Gasteiger partial charge in [0.25, 0.3) is 0 Å². The predicted octanol–water partition coefficient (Wildman–Crippen LogP) is 0.745. The number of halogens is 2. The van der Waals surface area contributed by atoms with Gasteiger partial charge in [-0.2, -0.15) is 0 Å². The lowest BCUT2D eigenvalue weighted by atomic mass is 10.1. The van der Waals surface area contributed by atoms with E-state index in [4.69, 9.17) is 21.1 Å². The summed E-state index contributed by atoms with van der Waals surface area (Å²) in [5.74, 6) is 0.969. The fourth-order valence-corrected chi connectivity index (χ4v) is 2.54. The Balaban J connectivity index is 0.00000220. The zero-order valence-electron chi connectivity index (χ0n) is 12.6. The minimum atomic E-state index is 0. The molecule has 0 bridgehead atoms. The average Bonchev–Trinajstić information content (AvgIpc) is 2.47. The van der Waals surface area contributed by atoms with Crippen LogP contribution in [-0.2, 0) is 11.3 Å². The van der Waals surface area contributed by atoms with Gasteiger partial charge in [-0.25, -0.2) is 0 Å². The molecule has 0 saturated carbocycles. The Morgan fingerprint density at radius 3 is 2.71 bits per heavy atom. The van der Waals surface area contributed by atoms with Crippen LogP contribution in [0.3, 0.4) is 0 Å². The van der Waals surface area contributed by atoms with Crippen molar-refractivity contribution in [3.63, 3.8) is 0 Å². The topological polar surface area (TPSA) is 21.7 Å². The summed E-state index contributed by atoms with van der Waals surface area (Å²) in [6, 6.07) is 5.91. The van der Waals surface area contributed by atoms with Gasteiger partial charge in [0.15, 0.2) is 0 Å². The molecule has 0 N–H and O–H groups in total. The van der Waals surface area contributed by atoms with Gasteiger partial charge in [-0.3, -0.25) is 4.90 Å². The van der Waals surface area contributed by atoms with Crippen LogP contribution in [0.4, 0.5) is 0 Å². The van der Waals surface area contributed by atoms with Crippen molar-refractivity contribution in [2.24, 2.45) is 0 Å². The lowest BCUT2D eigenvalue weighted by Crippen LogP contribution is -3.00. The normalized spacial score (nSPS) is 15.5. The number of morpholine rings is 1. The van der Waals surface area contributed by atoms with Crippen molar-refractivity contribution in [1.29, 1.82) is 0 Å². The minimum Gasteiger partial charge on any atom is -1.00 e. The monoisotopic (exact) mass is 332 g/mol. The summed E-state index contributed by atoms with van der Waals surface area (Å²) < 4.78 is 11.3. The van der Waals surface area contributed by atoms with E-state index >= 15 is 0 Å². The van der Waals surface area contributed by atoms with E-state index in [0.717, 1.165) is 56.6 Å². The van der Waals surface area contributed by atoms with Crippen molar-refractivity contribution in [3.8, 4) is 5.75 Å². The van der Waals surface area contributed by atoms with Gasteiger partial charge in [0.2, 0.25) is 0 Å². The van der Waals surface area contributed by atoms with Crippen molar-refractivity contribution in [2.45, 2.75) is 32.7 Å². The zero-order valence-corrected chi connectivity index (χ0v) is 14.1. The first-order valence-corrected chi connectivity index (χ1v) is 7.88. The molecule has 5 heteroatoms. The smallest absolute Gasteiger partial charge is 0.123 e. The third-order valence-corrected chi connectivity index (χ3v) is 3.76. The van der Waals surface area contributed by atoms with E-state index in [1.165, 1.54) is 18.4 Å². The quantitative estimate of drug-likeness (QED) is 0.688. The van der Waals surface area contributed by atoms with Gasteiger partial charge in [0, 0.05) is 30.2 Å². The van der Waals surface area contributed by atoms with E-state index in [0.29, 0.717) is 0 Å². The van der Waals surface area contributed by atoms with Gasteiger partial charge in [-0.05, 0) is 24.6 Å². The second-order valence-electron chi connectivity index (χ2n) is 5.20. The van der Waals surface area contributed by atoms with Gasteiger partial charge in [0.05, 0.1) is 19.8 Å². The summed E-state index contributed by atoms with van der Waals surface area (Å²) >= 11 is 6.12. The Bertz CT molecular complexity index is 409. The SMILES string of the molecule is CCCCCOc1ccc(Cl)cc1CN1CCOCC1.[Cl-]. The summed E-state index contributed by atoms with van der Waals surface area (Å²) in [5, 5.41) is 0.772. The highest BCUT2D eigenvalue weighted by Gasteiger charge is 2.14. The Kier molecular flexibility index (Phi) is 9.09. The van der Waals surface area contributed by atoms with Gasteiger partial charge in [-0.1, -0.05) is 31.4 Å². The van der Waals surface area contributed by atoms with Crippen LogP contribution in [0.15, 0.2) is 18.2 Å². The molecule has 0 radical (unpaired) electrons. The van der Waals surface area contributed by atoms with E-state index in [9.17, 15) is 0 Å². The molecule has 21 heavy (non-hydrogen) atoms. The second-order valence-corrected chi connectivity index (χ2v) is 5.63. The van der Waals surface area contributed by atoms with Crippen LogP contribution in [-0.4, -0.2) is 37.8 Å². The van der Waals surface area contributed by atoms with Crippen LogP contribution >= 0.6 is 11.6 Å². The van der Waals surface area contributed by atoms with E-state index in [1.54, 1.807) is 0 Å². The summed E-state index contributed by atoms with van der Waals surface area (Å²) in [6.45, 7) is 7.44. The van der Waals surface area contributed by atoms with Crippen LogP contribution in [0.1, 0.15) is 31.7 Å². The molecule has 1 fully saturated rings. The number of nitrogens with zero attached hydrogens (tertiary/aromatic N) is 1. The van der Waals surface area contributed by atoms with Crippen molar-refractivity contribution < 1.29 is 21.9 Å². The molecular weight excluding hydrogens is 309 g/mol. The zero-order chi connectivity index (χ0) is 14.2. The Labute approximate surface area is 139 Å².